The number of methoxy groups -OCH3 is 1. The van der Waals surface area contributed by atoms with Crippen LogP contribution in [-0.4, -0.2) is 59.6 Å². The van der Waals surface area contributed by atoms with Gasteiger partial charge in [0.05, 0.1) is 18.6 Å². The summed E-state index contributed by atoms with van der Waals surface area (Å²) in [6.07, 6.45) is 6.43. The Morgan fingerprint density at radius 2 is 2.06 bits per heavy atom. The van der Waals surface area contributed by atoms with Gasteiger partial charge in [0.15, 0.2) is 15.0 Å². The standard InChI is InChI=1S/C21H25N5O5S2/c1-30-18-5-4-16-20(24-18)32-21(23-16)25-19(27)17(10-13-6-8-31-9-7-13)26-12-15(11-22-26)33(28,29)14-2-3-14/h4-5,11-14,17H,2-3,6-10H2,1H3,(H,23,25,27). The Kier molecular flexibility index (Phi) is 6.06. The van der Waals surface area contributed by atoms with E-state index in [1.807, 2.05) is 0 Å². The molecule has 1 aliphatic heterocycles. The van der Waals surface area contributed by atoms with Crippen LogP contribution in [0, 0.1) is 5.92 Å². The average molecular weight is 492 g/mol. The summed E-state index contributed by atoms with van der Waals surface area (Å²) in [5.74, 6) is 0.469. The zero-order valence-corrected chi connectivity index (χ0v) is 19.8. The number of anilines is 1. The summed E-state index contributed by atoms with van der Waals surface area (Å²) in [5, 5.41) is 7.27. The first-order valence-electron chi connectivity index (χ1n) is 10.9. The first-order chi connectivity index (χ1) is 15.9. The largest absolute Gasteiger partial charge is 0.481 e. The van der Waals surface area contributed by atoms with Crippen LogP contribution < -0.4 is 10.1 Å². The summed E-state index contributed by atoms with van der Waals surface area (Å²) in [7, 11) is -1.84. The number of fused-ring (bicyclic) bond motifs is 1. The lowest BCUT2D eigenvalue weighted by Gasteiger charge is -2.26. The lowest BCUT2D eigenvalue weighted by molar-refractivity contribution is -0.120. The van der Waals surface area contributed by atoms with E-state index in [1.54, 1.807) is 19.2 Å². The maximum Gasteiger partial charge on any atom is 0.251 e. The summed E-state index contributed by atoms with van der Waals surface area (Å²) >= 11 is 1.26. The molecule has 3 aromatic heterocycles. The Labute approximate surface area is 195 Å². The first kappa shape index (κ1) is 22.2. The quantitative estimate of drug-likeness (QED) is 0.510. The van der Waals surface area contributed by atoms with E-state index in [1.165, 1.54) is 28.4 Å². The van der Waals surface area contributed by atoms with Gasteiger partial charge in [0.25, 0.3) is 5.91 Å². The van der Waals surface area contributed by atoms with Gasteiger partial charge in [-0.05, 0) is 44.1 Å². The van der Waals surface area contributed by atoms with Crippen molar-refractivity contribution in [3.05, 3.63) is 24.5 Å². The Morgan fingerprint density at radius 3 is 2.79 bits per heavy atom. The van der Waals surface area contributed by atoms with Crippen molar-refractivity contribution >= 4 is 42.6 Å². The van der Waals surface area contributed by atoms with Crippen LogP contribution in [-0.2, 0) is 19.4 Å². The lowest BCUT2D eigenvalue weighted by atomic mass is 9.92. The average Bonchev–Trinajstić information content (AvgIpc) is 3.44. The highest BCUT2D eigenvalue weighted by molar-refractivity contribution is 7.92. The topological polar surface area (TPSA) is 125 Å². The number of thiazole rings is 1. The van der Waals surface area contributed by atoms with E-state index in [-0.39, 0.29) is 22.0 Å². The van der Waals surface area contributed by atoms with Crippen LogP contribution in [0.15, 0.2) is 29.4 Å². The minimum absolute atomic E-state index is 0.172. The van der Waals surface area contributed by atoms with Gasteiger partial charge in [-0.1, -0.05) is 11.3 Å². The van der Waals surface area contributed by atoms with Gasteiger partial charge in [0, 0.05) is 25.5 Å². The van der Waals surface area contributed by atoms with Crippen molar-refractivity contribution in [3.63, 3.8) is 0 Å². The molecule has 0 spiro atoms. The molecule has 1 saturated heterocycles. The molecule has 2 aliphatic rings. The number of carbonyl (C=O) groups excluding carboxylic acids is 1. The van der Waals surface area contributed by atoms with Crippen LogP contribution in [0.1, 0.15) is 38.1 Å². The molecule has 10 nitrogen and oxygen atoms in total. The molecule has 0 bridgehead atoms. The Balaban J connectivity index is 1.40. The number of nitrogens with zero attached hydrogens (tertiary/aromatic N) is 4. The van der Waals surface area contributed by atoms with Crippen molar-refractivity contribution < 1.29 is 22.7 Å². The van der Waals surface area contributed by atoms with Gasteiger partial charge < -0.3 is 14.8 Å². The number of hydrogen-bond donors (Lipinski definition) is 1. The van der Waals surface area contributed by atoms with E-state index in [0.717, 1.165) is 12.8 Å². The van der Waals surface area contributed by atoms with Crippen molar-refractivity contribution in [2.24, 2.45) is 5.92 Å². The zero-order valence-electron chi connectivity index (χ0n) is 18.1. The van der Waals surface area contributed by atoms with Crippen molar-refractivity contribution in [3.8, 4) is 5.88 Å². The molecule has 1 aliphatic carbocycles. The van der Waals surface area contributed by atoms with Crippen LogP contribution in [0.5, 0.6) is 5.88 Å². The molecule has 1 N–H and O–H groups in total. The van der Waals surface area contributed by atoms with Crippen molar-refractivity contribution in [2.45, 2.75) is 48.3 Å². The number of carbonyl (C=O) groups is 1. The third-order valence-corrected chi connectivity index (χ3v) is 9.16. The second-order valence-corrected chi connectivity index (χ2v) is 11.6. The van der Waals surface area contributed by atoms with Crippen LogP contribution in [0.2, 0.25) is 0 Å². The molecular formula is C21H25N5O5S2. The van der Waals surface area contributed by atoms with Gasteiger partial charge in [0.2, 0.25) is 5.88 Å². The monoisotopic (exact) mass is 491 g/mol. The molecule has 12 heteroatoms. The van der Waals surface area contributed by atoms with Gasteiger partial charge in [-0.15, -0.1) is 0 Å². The molecule has 3 aromatic rings. The van der Waals surface area contributed by atoms with Gasteiger partial charge in [0.1, 0.15) is 21.3 Å². The normalized spacial score (nSPS) is 18.3. The van der Waals surface area contributed by atoms with E-state index in [9.17, 15) is 13.2 Å². The van der Waals surface area contributed by atoms with E-state index in [2.05, 4.69) is 20.4 Å². The summed E-state index contributed by atoms with van der Waals surface area (Å²) in [6.45, 7) is 1.32. The number of aromatic nitrogens is 4. The Bertz CT molecular complexity index is 1260. The number of ether oxygens (including phenoxy) is 2. The summed E-state index contributed by atoms with van der Waals surface area (Å²) in [4.78, 5) is 23.0. The maximum absolute atomic E-state index is 13.4. The highest BCUT2D eigenvalue weighted by atomic mass is 32.2. The molecule has 0 radical (unpaired) electrons. The predicted molar refractivity (Wildman–Crippen MR) is 122 cm³/mol. The van der Waals surface area contributed by atoms with Gasteiger partial charge in [-0.25, -0.2) is 18.4 Å². The molecule has 0 aromatic carbocycles. The molecule has 1 saturated carbocycles. The highest BCUT2D eigenvalue weighted by Crippen LogP contribution is 2.34. The van der Waals surface area contributed by atoms with Crippen LogP contribution in [0.4, 0.5) is 5.13 Å². The van der Waals surface area contributed by atoms with E-state index in [4.69, 9.17) is 9.47 Å². The van der Waals surface area contributed by atoms with Gasteiger partial charge >= 0.3 is 0 Å². The number of pyridine rings is 1. The maximum atomic E-state index is 13.4. The van der Waals surface area contributed by atoms with Crippen LogP contribution >= 0.6 is 11.3 Å². The van der Waals surface area contributed by atoms with Crippen molar-refractivity contribution in [1.82, 2.24) is 19.7 Å². The Morgan fingerprint density at radius 1 is 1.27 bits per heavy atom. The van der Waals surface area contributed by atoms with Crippen LogP contribution in [0.3, 0.4) is 0 Å². The summed E-state index contributed by atoms with van der Waals surface area (Å²) < 4.78 is 37.4. The molecule has 4 heterocycles. The minimum Gasteiger partial charge on any atom is -0.481 e. The third-order valence-electron chi connectivity index (χ3n) is 6.06. The predicted octanol–water partition coefficient (Wildman–Crippen LogP) is 2.83. The molecule has 1 atom stereocenters. The van der Waals surface area contributed by atoms with Crippen molar-refractivity contribution in [2.75, 3.05) is 25.6 Å². The third kappa shape index (κ3) is 4.73. The van der Waals surface area contributed by atoms with E-state index >= 15 is 0 Å². The molecule has 1 unspecified atom stereocenters. The number of amides is 1. The number of hydrogen-bond acceptors (Lipinski definition) is 9. The number of sulfone groups is 1. The van der Waals surface area contributed by atoms with E-state index < -0.39 is 15.9 Å². The number of rotatable bonds is 8. The second kappa shape index (κ2) is 8.99. The zero-order chi connectivity index (χ0) is 23.0. The van der Waals surface area contributed by atoms with Crippen molar-refractivity contribution in [1.29, 1.82) is 0 Å². The van der Waals surface area contributed by atoms with Gasteiger partial charge in [-0.3, -0.25) is 9.48 Å². The molecule has 33 heavy (non-hydrogen) atoms. The highest BCUT2D eigenvalue weighted by Gasteiger charge is 2.38. The molecular weight excluding hydrogens is 466 g/mol. The fraction of sp³-hybridized carbons (Fsp3) is 0.524. The fourth-order valence-corrected chi connectivity index (χ4v) is 6.42. The van der Waals surface area contributed by atoms with E-state index in [0.29, 0.717) is 53.8 Å². The van der Waals surface area contributed by atoms with Gasteiger partial charge in [-0.2, -0.15) is 5.10 Å². The molecule has 176 valence electrons. The second-order valence-electron chi connectivity index (χ2n) is 8.39. The fourth-order valence-electron chi connectivity index (χ4n) is 4.00. The molecule has 5 rings (SSSR count). The smallest absolute Gasteiger partial charge is 0.251 e. The van der Waals surface area contributed by atoms with Crippen LogP contribution in [0.25, 0.3) is 10.3 Å². The summed E-state index contributed by atoms with van der Waals surface area (Å²) in [6, 6.07) is 2.84. The molecule has 2 fully saturated rings. The summed E-state index contributed by atoms with van der Waals surface area (Å²) in [5.41, 5.74) is 0.661. The SMILES string of the molecule is COc1ccc2nc(NC(=O)C(CC3CCOCC3)n3cc(S(=O)(=O)C4CC4)cn3)sc2n1. The Hall–Kier alpha value is -2.57. The minimum atomic E-state index is -3.39. The number of nitrogens with one attached hydrogen (secondary N) is 1. The first-order valence-corrected chi connectivity index (χ1v) is 13.3. The lowest BCUT2D eigenvalue weighted by Crippen LogP contribution is -2.30. The molecule has 1 amide bonds.